The summed E-state index contributed by atoms with van der Waals surface area (Å²) >= 11 is 0. The van der Waals surface area contributed by atoms with Gasteiger partial charge in [-0.15, -0.1) is 10.2 Å². The topological polar surface area (TPSA) is 71.8 Å². The molecule has 20 heavy (non-hydrogen) atoms. The zero-order valence-electron chi connectivity index (χ0n) is 11.3. The summed E-state index contributed by atoms with van der Waals surface area (Å²) in [4.78, 5) is 11.9. The van der Waals surface area contributed by atoms with Crippen LogP contribution in [0.5, 0.6) is 0 Å². The van der Waals surface area contributed by atoms with Gasteiger partial charge in [0.2, 0.25) is 5.91 Å². The van der Waals surface area contributed by atoms with Crippen LogP contribution in [-0.2, 0) is 11.8 Å². The molecule has 1 aromatic heterocycles. The number of hydrogen-bond donors (Lipinski definition) is 2. The maximum atomic E-state index is 11.9. The summed E-state index contributed by atoms with van der Waals surface area (Å²) < 4.78 is 1.83. The first-order valence-corrected chi connectivity index (χ1v) is 6.70. The van der Waals surface area contributed by atoms with E-state index in [9.17, 15) is 4.79 Å². The molecule has 2 aromatic rings. The number of para-hydroxylation sites is 1. The smallest absolute Gasteiger partial charge is 0.238 e. The molecule has 1 aromatic carbocycles. The Morgan fingerprint density at radius 1 is 1.40 bits per heavy atom. The standard InChI is InChI=1S/C14H17N5O/c1-19-9-16-18-14(19)11-4-2-3-5-12(11)17-13(20)8-15-10-6-7-10/h2-5,9-10,15H,6-8H2,1H3,(H,17,20). The van der Waals surface area contributed by atoms with Crippen LogP contribution in [0.1, 0.15) is 12.8 Å². The Bertz CT molecular complexity index is 618. The Morgan fingerprint density at radius 2 is 2.20 bits per heavy atom. The average Bonchev–Trinajstić information content (AvgIpc) is 3.18. The van der Waals surface area contributed by atoms with E-state index < -0.39 is 0 Å². The van der Waals surface area contributed by atoms with Gasteiger partial charge in [-0.05, 0) is 25.0 Å². The number of aryl methyl sites for hydroxylation is 1. The lowest BCUT2D eigenvalue weighted by molar-refractivity contribution is -0.115. The lowest BCUT2D eigenvalue weighted by Gasteiger charge is -2.10. The van der Waals surface area contributed by atoms with E-state index >= 15 is 0 Å². The highest BCUT2D eigenvalue weighted by Gasteiger charge is 2.21. The molecule has 6 heteroatoms. The first-order chi connectivity index (χ1) is 9.74. The Balaban J connectivity index is 1.75. The molecule has 1 aliphatic carbocycles. The van der Waals surface area contributed by atoms with Gasteiger partial charge in [0.05, 0.1) is 12.2 Å². The summed E-state index contributed by atoms with van der Waals surface area (Å²) in [5, 5.41) is 14.1. The van der Waals surface area contributed by atoms with Crippen LogP contribution in [0.4, 0.5) is 5.69 Å². The van der Waals surface area contributed by atoms with Crippen molar-refractivity contribution in [2.75, 3.05) is 11.9 Å². The van der Waals surface area contributed by atoms with Crippen molar-refractivity contribution in [3.05, 3.63) is 30.6 Å². The van der Waals surface area contributed by atoms with Gasteiger partial charge in [-0.25, -0.2) is 0 Å². The average molecular weight is 271 g/mol. The second-order valence-electron chi connectivity index (χ2n) is 5.01. The molecule has 3 rings (SSSR count). The summed E-state index contributed by atoms with van der Waals surface area (Å²) in [7, 11) is 1.88. The van der Waals surface area contributed by atoms with Crippen molar-refractivity contribution in [1.29, 1.82) is 0 Å². The molecule has 0 atom stereocenters. The van der Waals surface area contributed by atoms with E-state index in [4.69, 9.17) is 0 Å². The van der Waals surface area contributed by atoms with Crippen molar-refractivity contribution in [3.8, 4) is 11.4 Å². The quantitative estimate of drug-likeness (QED) is 0.856. The number of nitrogens with one attached hydrogen (secondary N) is 2. The lowest BCUT2D eigenvalue weighted by atomic mass is 10.1. The number of benzene rings is 1. The van der Waals surface area contributed by atoms with Gasteiger partial charge in [0, 0.05) is 18.7 Å². The Morgan fingerprint density at radius 3 is 2.90 bits per heavy atom. The number of carbonyl (C=O) groups is 1. The zero-order valence-corrected chi connectivity index (χ0v) is 11.3. The van der Waals surface area contributed by atoms with Gasteiger partial charge in [0.1, 0.15) is 6.33 Å². The van der Waals surface area contributed by atoms with Gasteiger partial charge in [0.25, 0.3) is 0 Å². The Labute approximate surface area is 117 Å². The molecular weight excluding hydrogens is 254 g/mol. The van der Waals surface area contributed by atoms with Gasteiger partial charge in [-0.1, -0.05) is 12.1 Å². The van der Waals surface area contributed by atoms with E-state index in [0.29, 0.717) is 12.6 Å². The Kier molecular flexibility index (Phi) is 3.47. The summed E-state index contributed by atoms with van der Waals surface area (Å²) in [5.41, 5.74) is 1.62. The SMILES string of the molecule is Cn1cnnc1-c1ccccc1NC(=O)CNC1CC1. The number of hydrogen-bond acceptors (Lipinski definition) is 4. The molecule has 1 saturated carbocycles. The van der Waals surface area contributed by atoms with Gasteiger partial charge in [0.15, 0.2) is 5.82 Å². The maximum Gasteiger partial charge on any atom is 0.238 e. The highest BCUT2D eigenvalue weighted by molar-refractivity contribution is 5.95. The molecule has 6 nitrogen and oxygen atoms in total. The fraction of sp³-hybridized carbons (Fsp3) is 0.357. The van der Waals surface area contributed by atoms with Crippen LogP contribution < -0.4 is 10.6 Å². The van der Waals surface area contributed by atoms with Gasteiger partial charge in [-0.2, -0.15) is 0 Å². The lowest BCUT2D eigenvalue weighted by Crippen LogP contribution is -2.29. The Hall–Kier alpha value is -2.21. The predicted octanol–water partition coefficient (Wildman–Crippen LogP) is 1.17. The number of rotatable bonds is 5. The molecule has 1 aliphatic rings. The maximum absolute atomic E-state index is 11.9. The molecule has 0 saturated heterocycles. The molecule has 0 bridgehead atoms. The number of amides is 1. The fourth-order valence-electron chi connectivity index (χ4n) is 2.03. The van der Waals surface area contributed by atoms with Crippen LogP contribution >= 0.6 is 0 Å². The van der Waals surface area contributed by atoms with E-state index in [1.54, 1.807) is 6.33 Å². The van der Waals surface area contributed by atoms with Crippen molar-refractivity contribution in [3.63, 3.8) is 0 Å². The van der Waals surface area contributed by atoms with Crippen molar-refractivity contribution >= 4 is 11.6 Å². The highest BCUT2D eigenvalue weighted by atomic mass is 16.1. The number of nitrogens with zero attached hydrogens (tertiary/aromatic N) is 3. The van der Waals surface area contributed by atoms with Crippen LogP contribution in [0.2, 0.25) is 0 Å². The van der Waals surface area contributed by atoms with E-state index in [0.717, 1.165) is 17.1 Å². The molecule has 0 radical (unpaired) electrons. The van der Waals surface area contributed by atoms with Crippen molar-refractivity contribution < 1.29 is 4.79 Å². The van der Waals surface area contributed by atoms with Crippen molar-refractivity contribution in [2.24, 2.45) is 7.05 Å². The molecule has 1 fully saturated rings. The first kappa shape index (κ1) is 12.8. The number of aromatic nitrogens is 3. The van der Waals surface area contributed by atoms with Crippen LogP contribution in [0, 0.1) is 0 Å². The van der Waals surface area contributed by atoms with Gasteiger partial charge >= 0.3 is 0 Å². The zero-order chi connectivity index (χ0) is 13.9. The van der Waals surface area contributed by atoms with E-state index in [1.807, 2.05) is 35.9 Å². The van der Waals surface area contributed by atoms with Crippen LogP contribution in [-0.4, -0.2) is 33.3 Å². The third-order valence-corrected chi connectivity index (χ3v) is 3.28. The first-order valence-electron chi connectivity index (χ1n) is 6.70. The summed E-state index contributed by atoms with van der Waals surface area (Å²) in [6.45, 7) is 0.345. The molecule has 1 heterocycles. The number of anilines is 1. The van der Waals surface area contributed by atoms with Crippen LogP contribution in [0.25, 0.3) is 11.4 Å². The summed E-state index contributed by atoms with van der Waals surface area (Å²) in [6.07, 6.45) is 3.98. The van der Waals surface area contributed by atoms with E-state index in [1.165, 1.54) is 12.8 Å². The van der Waals surface area contributed by atoms with Gasteiger partial charge < -0.3 is 15.2 Å². The van der Waals surface area contributed by atoms with Crippen molar-refractivity contribution in [2.45, 2.75) is 18.9 Å². The summed E-state index contributed by atoms with van der Waals surface area (Å²) in [5.74, 6) is 0.697. The third kappa shape index (κ3) is 2.85. The second kappa shape index (κ2) is 5.42. The monoisotopic (exact) mass is 271 g/mol. The molecule has 104 valence electrons. The fourth-order valence-corrected chi connectivity index (χ4v) is 2.03. The van der Waals surface area contributed by atoms with E-state index in [-0.39, 0.29) is 5.91 Å². The minimum atomic E-state index is -0.0356. The molecular formula is C14H17N5O. The van der Waals surface area contributed by atoms with Gasteiger partial charge in [-0.3, -0.25) is 4.79 Å². The third-order valence-electron chi connectivity index (χ3n) is 3.28. The summed E-state index contributed by atoms with van der Waals surface area (Å²) in [6, 6.07) is 8.13. The molecule has 1 amide bonds. The van der Waals surface area contributed by atoms with Crippen LogP contribution in [0.3, 0.4) is 0 Å². The molecule has 0 spiro atoms. The second-order valence-corrected chi connectivity index (χ2v) is 5.01. The number of carbonyl (C=O) groups excluding carboxylic acids is 1. The minimum Gasteiger partial charge on any atom is -0.324 e. The normalized spacial score (nSPS) is 14.2. The largest absolute Gasteiger partial charge is 0.324 e. The van der Waals surface area contributed by atoms with Crippen molar-refractivity contribution in [1.82, 2.24) is 20.1 Å². The highest BCUT2D eigenvalue weighted by Crippen LogP contribution is 2.25. The predicted molar refractivity (Wildman–Crippen MR) is 76.1 cm³/mol. The van der Waals surface area contributed by atoms with Crippen LogP contribution in [0.15, 0.2) is 30.6 Å². The molecule has 0 aliphatic heterocycles. The minimum absolute atomic E-state index is 0.0356. The molecule has 2 N–H and O–H groups in total. The van der Waals surface area contributed by atoms with E-state index in [2.05, 4.69) is 20.8 Å². The molecule has 0 unspecified atom stereocenters.